The second-order valence-corrected chi connectivity index (χ2v) is 6.39. The molecule has 22 heavy (non-hydrogen) atoms. The summed E-state index contributed by atoms with van der Waals surface area (Å²) in [6, 6.07) is 0.175. The Morgan fingerprint density at radius 1 is 1.36 bits per heavy atom. The molecule has 6 heteroatoms. The van der Waals surface area contributed by atoms with Gasteiger partial charge in [-0.2, -0.15) is 5.10 Å². The molecule has 0 bridgehead atoms. The molecule has 118 valence electrons. The molecule has 0 spiro atoms. The summed E-state index contributed by atoms with van der Waals surface area (Å²) in [7, 11) is 1.77. The van der Waals surface area contributed by atoms with E-state index in [1.54, 1.807) is 18.7 Å². The number of nitrogens with zero attached hydrogens (tertiary/aromatic N) is 2. The van der Waals surface area contributed by atoms with Gasteiger partial charge in [0.25, 0.3) is 5.91 Å². The zero-order valence-corrected chi connectivity index (χ0v) is 13.3. The molecule has 3 rings (SSSR count). The molecular formula is C16H22N4O2. The molecule has 2 aromatic rings. The lowest BCUT2D eigenvalue weighted by atomic mass is 9.87. The second-order valence-electron chi connectivity index (χ2n) is 6.39. The van der Waals surface area contributed by atoms with Gasteiger partial charge in [-0.3, -0.25) is 14.3 Å². The Balaban J connectivity index is 1.87. The lowest BCUT2D eigenvalue weighted by Crippen LogP contribution is -2.39. The summed E-state index contributed by atoms with van der Waals surface area (Å²) in [6.07, 6.45) is 5.72. The van der Waals surface area contributed by atoms with Crippen molar-refractivity contribution < 1.29 is 4.79 Å². The molecule has 1 aliphatic carbocycles. The summed E-state index contributed by atoms with van der Waals surface area (Å²) in [5, 5.41) is 7.72. The van der Waals surface area contributed by atoms with Gasteiger partial charge in [0, 0.05) is 19.3 Å². The quantitative estimate of drug-likeness (QED) is 0.889. The van der Waals surface area contributed by atoms with Gasteiger partial charge in [0.2, 0.25) is 5.43 Å². The van der Waals surface area contributed by atoms with Crippen molar-refractivity contribution in [3.05, 3.63) is 27.7 Å². The summed E-state index contributed by atoms with van der Waals surface area (Å²) in [5.41, 5.74) is 1.20. The van der Waals surface area contributed by atoms with Gasteiger partial charge in [-0.05, 0) is 38.5 Å². The first-order valence-corrected chi connectivity index (χ1v) is 7.83. The molecule has 1 saturated carbocycles. The monoisotopic (exact) mass is 302 g/mol. The summed E-state index contributed by atoms with van der Waals surface area (Å²) >= 11 is 0. The molecule has 0 saturated heterocycles. The standard InChI is InChI=1S/C16H22N4O2/c1-9-4-6-11(7-5-9)18-16(22)12-8-17-15-13(14(12)21)10(2)19-20(15)3/h8-9,11H,4-7H2,1-3H3,(H,17,21)(H,18,22). The third kappa shape index (κ3) is 2.53. The van der Waals surface area contributed by atoms with E-state index in [9.17, 15) is 9.59 Å². The van der Waals surface area contributed by atoms with E-state index in [4.69, 9.17) is 0 Å². The summed E-state index contributed by atoms with van der Waals surface area (Å²) < 4.78 is 1.62. The van der Waals surface area contributed by atoms with Gasteiger partial charge in [0.15, 0.2) is 0 Å². The predicted octanol–water partition coefficient (Wildman–Crippen LogP) is 1.88. The highest BCUT2D eigenvalue weighted by Gasteiger charge is 2.22. The largest absolute Gasteiger partial charge is 0.349 e. The highest BCUT2D eigenvalue weighted by atomic mass is 16.2. The van der Waals surface area contributed by atoms with Crippen LogP contribution in [0.15, 0.2) is 11.0 Å². The third-order valence-corrected chi connectivity index (χ3v) is 4.64. The van der Waals surface area contributed by atoms with Crippen molar-refractivity contribution in [2.45, 2.75) is 45.6 Å². The number of H-pyrrole nitrogens is 1. The predicted molar refractivity (Wildman–Crippen MR) is 85.0 cm³/mol. The van der Waals surface area contributed by atoms with Crippen LogP contribution in [0.4, 0.5) is 0 Å². The Kier molecular flexibility index (Phi) is 3.76. The third-order valence-electron chi connectivity index (χ3n) is 4.64. The minimum absolute atomic E-state index is 0.169. The fraction of sp³-hybridized carbons (Fsp3) is 0.562. The van der Waals surface area contributed by atoms with Gasteiger partial charge in [0.05, 0.1) is 11.1 Å². The van der Waals surface area contributed by atoms with Crippen LogP contribution in [-0.2, 0) is 7.05 Å². The van der Waals surface area contributed by atoms with Gasteiger partial charge >= 0.3 is 0 Å². The van der Waals surface area contributed by atoms with E-state index in [-0.39, 0.29) is 22.9 Å². The Bertz CT molecular complexity index is 766. The molecule has 0 radical (unpaired) electrons. The van der Waals surface area contributed by atoms with E-state index in [2.05, 4.69) is 22.3 Å². The Morgan fingerprint density at radius 3 is 2.73 bits per heavy atom. The van der Waals surface area contributed by atoms with E-state index < -0.39 is 0 Å². The molecule has 1 aliphatic rings. The van der Waals surface area contributed by atoms with E-state index in [0.29, 0.717) is 16.7 Å². The van der Waals surface area contributed by atoms with Crippen LogP contribution in [0.5, 0.6) is 0 Å². The lowest BCUT2D eigenvalue weighted by molar-refractivity contribution is 0.0922. The van der Waals surface area contributed by atoms with Gasteiger partial charge in [0.1, 0.15) is 11.2 Å². The number of amides is 1. The minimum Gasteiger partial charge on any atom is -0.349 e. The average Bonchev–Trinajstić information content (AvgIpc) is 2.77. The van der Waals surface area contributed by atoms with Gasteiger partial charge < -0.3 is 10.3 Å². The average molecular weight is 302 g/mol. The van der Waals surface area contributed by atoms with E-state index >= 15 is 0 Å². The normalized spacial score (nSPS) is 22.0. The van der Waals surface area contributed by atoms with Crippen molar-refractivity contribution in [2.75, 3.05) is 0 Å². The van der Waals surface area contributed by atoms with E-state index in [1.165, 1.54) is 6.20 Å². The number of aromatic amines is 1. The number of aryl methyl sites for hydroxylation is 2. The van der Waals surface area contributed by atoms with Gasteiger partial charge in [-0.1, -0.05) is 6.92 Å². The van der Waals surface area contributed by atoms with Crippen LogP contribution in [-0.4, -0.2) is 26.7 Å². The minimum atomic E-state index is -0.286. The number of hydrogen-bond acceptors (Lipinski definition) is 3. The molecule has 1 amide bonds. The highest BCUT2D eigenvalue weighted by Crippen LogP contribution is 2.23. The van der Waals surface area contributed by atoms with Crippen LogP contribution in [0.1, 0.15) is 48.7 Å². The number of pyridine rings is 1. The maximum absolute atomic E-state index is 12.6. The van der Waals surface area contributed by atoms with E-state index in [0.717, 1.165) is 31.6 Å². The fourth-order valence-electron chi connectivity index (χ4n) is 3.27. The van der Waals surface area contributed by atoms with Crippen molar-refractivity contribution in [1.29, 1.82) is 0 Å². The maximum atomic E-state index is 12.6. The van der Waals surface area contributed by atoms with Crippen molar-refractivity contribution in [2.24, 2.45) is 13.0 Å². The van der Waals surface area contributed by atoms with Crippen molar-refractivity contribution in [3.63, 3.8) is 0 Å². The van der Waals surface area contributed by atoms with Crippen molar-refractivity contribution in [1.82, 2.24) is 20.1 Å². The molecule has 0 aromatic carbocycles. The Morgan fingerprint density at radius 2 is 2.05 bits per heavy atom. The molecule has 2 N–H and O–H groups in total. The van der Waals surface area contributed by atoms with Crippen molar-refractivity contribution >= 4 is 16.9 Å². The number of carbonyl (C=O) groups excluding carboxylic acids is 1. The molecule has 2 aromatic heterocycles. The highest BCUT2D eigenvalue weighted by molar-refractivity contribution is 5.97. The molecule has 2 heterocycles. The number of aromatic nitrogens is 3. The Hall–Kier alpha value is -2.11. The smallest absolute Gasteiger partial charge is 0.256 e. The molecule has 6 nitrogen and oxygen atoms in total. The van der Waals surface area contributed by atoms with Crippen LogP contribution in [0.25, 0.3) is 11.0 Å². The SMILES string of the molecule is Cc1nn(C)c2[nH]cc(C(=O)NC3CCC(C)CC3)c(=O)c12. The molecule has 0 aliphatic heterocycles. The lowest BCUT2D eigenvalue weighted by Gasteiger charge is -2.26. The van der Waals surface area contributed by atoms with Gasteiger partial charge in [-0.15, -0.1) is 0 Å². The number of nitrogens with one attached hydrogen (secondary N) is 2. The number of hydrogen-bond donors (Lipinski definition) is 2. The van der Waals surface area contributed by atoms with Crippen LogP contribution in [0.2, 0.25) is 0 Å². The van der Waals surface area contributed by atoms with Crippen LogP contribution in [0, 0.1) is 12.8 Å². The summed E-state index contributed by atoms with van der Waals surface area (Å²) in [4.78, 5) is 28.0. The van der Waals surface area contributed by atoms with E-state index in [1.807, 2.05) is 0 Å². The molecule has 1 fully saturated rings. The first-order chi connectivity index (χ1) is 10.5. The number of fused-ring (bicyclic) bond motifs is 1. The van der Waals surface area contributed by atoms with Crippen LogP contribution in [0.3, 0.4) is 0 Å². The topological polar surface area (TPSA) is 79.8 Å². The summed E-state index contributed by atoms with van der Waals surface area (Å²) in [5.74, 6) is 0.442. The molecule has 0 atom stereocenters. The van der Waals surface area contributed by atoms with Crippen LogP contribution >= 0.6 is 0 Å². The zero-order chi connectivity index (χ0) is 15.9. The molecule has 0 unspecified atom stereocenters. The Labute approximate surface area is 128 Å². The number of rotatable bonds is 2. The summed E-state index contributed by atoms with van der Waals surface area (Å²) in [6.45, 7) is 4.02. The first kappa shape index (κ1) is 14.8. The van der Waals surface area contributed by atoms with Gasteiger partial charge in [-0.25, -0.2) is 0 Å². The zero-order valence-electron chi connectivity index (χ0n) is 13.3. The second kappa shape index (κ2) is 5.59. The number of carbonyl (C=O) groups is 1. The maximum Gasteiger partial charge on any atom is 0.256 e. The van der Waals surface area contributed by atoms with Crippen molar-refractivity contribution in [3.8, 4) is 0 Å². The molecular weight excluding hydrogens is 280 g/mol. The van der Waals surface area contributed by atoms with Crippen LogP contribution < -0.4 is 10.7 Å². The first-order valence-electron chi connectivity index (χ1n) is 7.83. The fourth-order valence-corrected chi connectivity index (χ4v) is 3.27.